The number of benzene rings is 1. The molecule has 21 heavy (non-hydrogen) atoms. The van der Waals surface area contributed by atoms with E-state index in [-0.39, 0.29) is 5.91 Å². The molecule has 0 atom stereocenters. The molecule has 1 aromatic carbocycles. The largest absolute Gasteiger partial charge is 0.491 e. The van der Waals surface area contributed by atoms with Crippen molar-refractivity contribution in [3.05, 3.63) is 28.2 Å². The molecule has 0 aromatic heterocycles. The highest BCUT2D eigenvalue weighted by molar-refractivity contribution is 6.34. The molecule has 6 heteroatoms. The van der Waals surface area contributed by atoms with Crippen molar-refractivity contribution in [3.63, 3.8) is 0 Å². The summed E-state index contributed by atoms with van der Waals surface area (Å²) in [7, 11) is 1.89. The van der Waals surface area contributed by atoms with Crippen LogP contribution in [-0.2, 0) is 4.79 Å². The lowest BCUT2D eigenvalue weighted by Crippen LogP contribution is -2.39. The van der Waals surface area contributed by atoms with Crippen molar-refractivity contribution in [2.45, 2.75) is 13.8 Å². The third kappa shape index (κ3) is 6.12. The normalized spacial score (nSPS) is 10.8. The summed E-state index contributed by atoms with van der Waals surface area (Å²) in [6.07, 6.45) is 0. The molecule has 0 fully saturated rings. The third-order valence-corrected chi connectivity index (χ3v) is 3.69. The Morgan fingerprint density at radius 2 is 1.90 bits per heavy atom. The summed E-state index contributed by atoms with van der Waals surface area (Å²) in [4.78, 5) is 15.7. The second-order valence-corrected chi connectivity index (χ2v) is 5.57. The molecule has 0 bridgehead atoms. The van der Waals surface area contributed by atoms with Crippen molar-refractivity contribution >= 4 is 29.1 Å². The van der Waals surface area contributed by atoms with Crippen molar-refractivity contribution < 1.29 is 9.53 Å². The van der Waals surface area contributed by atoms with Crippen molar-refractivity contribution in [1.82, 2.24) is 9.80 Å². The highest BCUT2D eigenvalue weighted by atomic mass is 35.5. The van der Waals surface area contributed by atoms with Crippen LogP contribution in [0.4, 0.5) is 0 Å². The molecule has 0 aliphatic heterocycles. The van der Waals surface area contributed by atoms with Gasteiger partial charge in [-0.05, 0) is 33.0 Å². The second kappa shape index (κ2) is 9.13. The fourth-order valence-corrected chi connectivity index (χ4v) is 2.22. The van der Waals surface area contributed by atoms with E-state index in [4.69, 9.17) is 27.9 Å². The average Bonchev–Trinajstić information content (AvgIpc) is 2.44. The fourth-order valence-electron chi connectivity index (χ4n) is 1.89. The summed E-state index contributed by atoms with van der Waals surface area (Å²) in [5.74, 6) is 0.691. The maximum atomic E-state index is 12.0. The Morgan fingerprint density at radius 3 is 2.52 bits per heavy atom. The zero-order valence-corrected chi connectivity index (χ0v) is 14.2. The summed E-state index contributed by atoms with van der Waals surface area (Å²) in [6.45, 7) is 6.89. The van der Waals surface area contributed by atoms with Crippen LogP contribution in [0.1, 0.15) is 13.8 Å². The van der Waals surface area contributed by atoms with Crippen molar-refractivity contribution in [1.29, 1.82) is 0 Å². The predicted octanol–water partition coefficient (Wildman–Crippen LogP) is 3.17. The smallest absolute Gasteiger partial charge is 0.236 e. The van der Waals surface area contributed by atoms with Crippen LogP contribution >= 0.6 is 23.2 Å². The van der Waals surface area contributed by atoms with E-state index in [9.17, 15) is 4.79 Å². The van der Waals surface area contributed by atoms with Gasteiger partial charge in [0.15, 0.2) is 0 Å². The van der Waals surface area contributed by atoms with E-state index in [2.05, 4.69) is 0 Å². The first-order valence-electron chi connectivity index (χ1n) is 7.02. The molecule has 0 radical (unpaired) electrons. The number of halogens is 2. The lowest BCUT2D eigenvalue weighted by atomic mass is 10.3. The van der Waals surface area contributed by atoms with E-state index in [0.29, 0.717) is 35.5 Å². The van der Waals surface area contributed by atoms with Gasteiger partial charge < -0.3 is 9.64 Å². The van der Waals surface area contributed by atoms with Crippen LogP contribution in [0.2, 0.25) is 10.0 Å². The third-order valence-electron chi connectivity index (χ3n) is 3.15. The first kappa shape index (κ1) is 18.1. The number of carbonyl (C=O) groups excluding carboxylic acids is 1. The van der Waals surface area contributed by atoms with Gasteiger partial charge in [0.25, 0.3) is 0 Å². The summed E-state index contributed by atoms with van der Waals surface area (Å²) >= 11 is 11.9. The number of hydrogen-bond acceptors (Lipinski definition) is 3. The highest BCUT2D eigenvalue weighted by Gasteiger charge is 2.12. The topological polar surface area (TPSA) is 32.8 Å². The minimum atomic E-state index is 0.128. The Morgan fingerprint density at radius 1 is 1.24 bits per heavy atom. The fraction of sp³-hybridized carbons (Fsp3) is 0.533. The van der Waals surface area contributed by atoms with E-state index < -0.39 is 0 Å². The van der Waals surface area contributed by atoms with E-state index in [1.165, 1.54) is 0 Å². The maximum Gasteiger partial charge on any atom is 0.236 e. The molecule has 1 amide bonds. The summed E-state index contributed by atoms with van der Waals surface area (Å²) < 4.78 is 5.60. The van der Waals surface area contributed by atoms with Crippen LogP contribution in [0.25, 0.3) is 0 Å². The molecular formula is C15H22Cl2N2O2. The second-order valence-electron chi connectivity index (χ2n) is 4.73. The van der Waals surface area contributed by atoms with Crippen molar-refractivity contribution in [3.8, 4) is 5.75 Å². The van der Waals surface area contributed by atoms with Gasteiger partial charge in [-0.25, -0.2) is 0 Å². The van der Waals surface area contributed by atoms with Gasteiger partial charge >= 0.3 is 0 Å². The molecule has 118 valence electrons. The Labute approximate surface area is 136 Å². The van der Waals surface area contributed by atoms with Crippen LogP contribution in [0.3, 0.4) is 0 Å². The summed E-state index contributed by atoms with van der Waals surface area (Å²) in [5.41, 5.74) is 0. The molecule has 0 N–H and O–H groups in total. The number of rotatable bonds is 8. The zero-order chi connectivity index (χ0) is 15.8. The lowest BCUT2D eigenvalue weighted by molar-refractivity contribution is -0.131. The maximum absolute atomic E-state index is 12.0. The number of nitrogens with zero attached hydrogens (tertiary/aromatic N) is 2. The van der Waals surface area contributed by atoms with Gasteiger partial charge in [0, 0.05) is 30.7 Å². The lowest BCUT2D eigenvalue weighted by Gasteiger charge is -2.23. The van der Waals surface area contributed by atoms with E-state index >= 15 is 0 Å². The minimum absolute atomic E-state index is 0.128. The predicted molar refractivity (Wildman–Crippen MR) is 87.4 cm³/mol. The molecule has 1 aromatic rings. The Kier molecular flexibility index (Phi) is 7.86. The van der Waals surface area contributed by atoms with Crippen molar-refractivity contribution in [2.24, 2.45) is 0 Å². The first-order chi connectivity index (χ1) is 9.97. The van der Waals surface area contributed by atoms with Gasteiger partial charge in [0.05, 0.1) is 11.6 Å². The molecular weight excluding hydrogens is 311 g/mol. The standard InChI is InChI=1S/C15H22Cl2N2O2/c1-4-19(5-2)15(20)11-18(3)8-9-21-14-10-12(16)6-7-13(14)17/h6-7,10H,4-5,8-9,11H2,1-3H3. The van der Waals surface area contributed by atoms with Crippen LogP contribution in [-0.4, -0.2) is 55.5 Å². The van der Waals surface area contributed by atoms with Crippen molar-refractivity contribution in [2.75, 3.05) is 39.8 Å². The van der Waals surface area contributed by atoms with Gasteiger partial charge in [-0.15, -0.1) is 0 Å². The Hall–Kier alpha value is -0.970. The van der Waals surface area contributed by atoms with Crippen LogP contribution in [0, 0.1) is 0 Å². The van der Waals surface area contributed by atoms with E-state index in [1.54, 1.807) is 18.2 Å². The zero-order valence-electron chi connectivity index (χ0n) is 12.7. The molecule has 0 saturated heterocycles. The molecule has 1 rings (SSSR count). The van der Waals surface area contributed by atoms with Gasteiger partial charge in [0.1, 0.15) is 12.4 Å². The van der Waals surface area contributed by atoms with E-state index in [0.717, 1.165) is 13.1 Å². The summed E-state index contributed by atoms with van der Waals surface area (Å²) in [6, 6.07) is 5.10. The van der Waals surface area contributed by atoms with Gasteiger partial charge in [0.2, 0.25) is 5.91 Å². The molecule has 0 heterocycles. The number of ether oxygens (including phenoxy) is 1. The quantitative estimate of drug-likeness (QED) is 0.733. The molecule has 0 aliphatic carbocycles. The summed E-state index contributed by atoms with van der Waals surface area (Å²) in [5, 5.41) is 1.11. The molecule has 0 spiro atoms. The molecule has 4 nitrogen and oxygen atoms in total. The number of carbonyl (C=O) groups is 1. The first-order valence-corrected chi connectivity index (χ1v) is 7.77. The number of amides is 1. The monoisotopic (exact) mass is 332 g/mol. The Balaban J connectivity index is 2.38. The molecule has 0 unspecified atom stereocenters. The Bertz CT molecular complexity index is 465. The average molecular weight is 333 g/mol. The van der Waals surface area contributed by atoms with Crippen LogP contribution in [0.5, 0.6) is 5.75 Å². The molecule has 0 aliphatic rings. The van der Waals surface area contributed by atoms with Gasteiger partial charge in [-0.3, -0.25) is 9.69 Å². The number of hydrogen-bond donors (Lipinski definition) is 0. The van der Waals surface area contributed by atoms with Crippen LogP contribution in [0.15, 0.2) is 18.2 Å². The van der Waals surface area contributed by atoms with Gasteiger partial charge in [-0.1, -0.05) is 23.2 Å². The minimum Gasteiger partial charge on any atom is -0.491 e. The SMILES string of the molecule is CCN(CC)C(=O)CN(C)CCOc1cc(Cl)ccc1Cl. The number of likely N-dealkylation sites (N-methyl/N-ethyl adjacent to an activating group) is 2. The van der Waals surface area contributed by atoms with E-state index in [1.807, 2.05) is 30.7 Å². The molecule has 0 saturated carbocycles. The van der Waals surface area contributed by atoms with Crippen LogP contribution < -0.4 is 4.74 Å². The van der Waals surface area contributed by atoms with Gasteiger partial charge in [-0.2, -0.15) is 0 Å². The highest BCUT2D eigenvalue weighted by Crippen LogP contribution is 2.27.